The topological polar surface area (TPSA) is 35.2 Å². The molecule has 1 saturated heterocycles. The van der Waals surface area contributed by atoms with E-state index in [1.54, 1.807) is 11.8 Å². The van der Waals surface area contributed by atoms with E-state index >= 15 is 0 Å². The number of ether oxygens (including phenoxy) is 1. The molecule has 0 unspecified atom stereocenters. The molecule has 76 valence electrons. The summed E-state index contributed by atoms with van der Waals surface area (Å²) in [4.78, 5) is 0. The Morgan fingerprint density at radius 3 is 2.79 bits per heavy atom. The molecule has 0 radical (unpaired) electrons. The van der Waals surface area contributed by atoms with Gasteiger partial charge in [0.25, 0.3) is 0 Å². The first-order valence-corrected chi connectivity index (χ1v) is 5.53. The van der Waals surface area contributed by atoms with E-state index in [-0.39, 0.29) is 5.82 Å². The third-order valence-electron chi connectivity index (χ3n) is 2.07. The maximum absolute atomic E-state index is 12.9. The zero-order valence-corrected chi connectivity index (χ0v) is 8.52. The van der Waals surface area contributed by atoms with Gasteiger partial charge in [0.2, 0.25) is 0 Å². The molecule has 1 aliphatic rings. The fourth-order valence-electron chi connectivity index (χ4n) is 1.28. The van der Waals surface area contributed by atoms with E-state index in [1.807, 2.05) is 6.07 Å². The van der Waals surface area contributed by atoms with Crippen LogP contribution in [0.25, 0.3) is 0 Å². The number of benzene rings is 1. The van der Waals surface area contributed by atoms with Gasteiger partial charge in [0.1, 0.15) is 5.82 Å². The van der Waals surface area contributed by atoms with E-state index in [0.717, 1.165) is 24.5 Å². The number of hydrogen-bond donors (Lipinski definition) is 1. The summed E-state index contributed by atoms with van der Waals surface area (Å²) < 4.78 is 18.0. The Labute approximate surface area is 86.6 Å². The SMILES string of the molecule is Nc1cc(F)cc(CSC2COC2)c1. The largest absolute Gasteiger partial charge is 0.399 e. The monoisotopic (exact) mass is 213 g/mol. The van der Waals surface area contributed by atoms with Crippen LogP contribution in [0.3, 0.4) is 0 Å². The molecule has 0 aromatic heterocycles. The summed E-state index contributed by atoms with van der Waals surface area (Å²) in [6.07, 6.45) is 0. The van der Waals surface area contributed by atoms with Gasteiger partial charge in [-0.05, 0) is 23.8 Å². The fraction of sp³-hybridized carbons (Fsp3) is 0.400. The zero-order valence-electron chi connectivity index (χ0n) is 7.70. The number of rotatable bonds is 3. The van der Waals surface area contributed by atoms with Crippen molar-refractivity contribution in [2.24, 2.45) is 0 Å². The summed E-state index contributed by atoms with van der Waals surface area (Å²) in [6, 6.07) is 4.68. The first-order chi connectivity index (χ1) is 6.74. The highest BCUT2D eigenvalue weighted by molar-refractivity contribution is 7.99. The van der Waals surface area contributed by atoms with E-state index in [2.05, 4.69) is 0 Å². The molecule has 1 aromatic carbocycles. The lowest BCUT2D eigenvalue weighted by Gasteiger charge is -2.25. The molecule has 0 aliphatic carbocycles. The number of anilines is 1. The molecule has 4 heteroatoms. The van der Waals surface area contributed by atoms with Crippen molar-refractivity contribution in [2.75, 3.05) is 18.9 Å². The van der Waals surface area contributed by atoms with Crippen LogP contribution in [0.5, 0.6) is 0 Å². The summed E-state index contributed by atoms with van der Waals surface area (Å²) in [5.41, 5.74) is 6.97. The number of halogens is 1. The second-order valence-corrected chi connectivity index (χ2v) is 4.65. The second-order valence-electron chi connectivity index (χ2n) is 3.36. The van der Waals surface area contributed by atoms with E-state index in [1.165, 1.54) is 12.1 Å². The molecular weight excluding hydrogens is 201 g/mol. The fourth-order valence-corrected chi connectivity index (χ4v) is 2.26. The van der Waals surface area contributed by atoms with Crippen molar-refractivity contribution in [2.45, 2.75) is 11.0 Å². The zero-order chi connectivity index (χ0) is 9.97. The first kappa shape index (κ1) is 9.80. The maximum Gasteiger partial charge on any atom is 0.125 e. The summed E-state index contributed by atoms with van der Waals surface area (Å²) in [7, 11) is 0. The Bertz CT molecular complexity index is 308. The van der Waals surface area contributed by atoms with Crippen LogP contribution in [0.2, 0.25) is 0 Å². The van der Waals surface area contributed by atoms with Gasteiger partial charge in [-0.15, -0.1) is 11.8 Å². The molecule has 1 heterocycles. The molecule has 0 atom stereocenters. The molecule has 0 spiro atoms. The molecule has 2 nitrogen and oxygen atoms in total. The molecule has 0 amide bonds. The molecule has 2 N–H and O–H groups in total. The second kappa shape index (κ2) is 4.19. The van der Waals surface area contributed by atoms with E-state index in [9.17, 15) is 4.39 Å². The Kier molecular flexibility index (Phi) is 2.93. The van der Waals surface area contributed by atoms with Crippen molar-refractivity contribution in [3.63, 3.8) is 0 Å². The summed E-state index contributed by atoms with van der Waals surface area (Å²) in [5.74, 6) is 0.543. The predicted molar refractivity (Wildman–Crippen MR) is 56.7 cm³/mol. The Morgan fingerprint density at radius 2 is 2.21 bits per heavy atom. The van der Waals surface area contributed by atoms with Gasteiger partial charge in [0.05, 0.1) is 18.5 Å². The minimum atomic E-state index is -0.259. The minimum Gasteiger partial charge on any atom is -0.399 e. The minimum absolute atomic E-state index is 0.259. The Hall–Kier alpha value is -0.740. The lowest BCUT2D eigenvalue weighted by atomic mass is 10.2. The van der Waals surface area contributed by atoms with Crippen molar-refractivity contribution in [3.8, 4) is 0 Å². The van der Waals surface area contributed by atoms with Crippen LogP contribution >= 0.6 is 11.8 Å². The first-order valence-electron chi connectivity index (χ1n) is 4.48. The predicted octanol–water partition coefficient (Wildman–Crippen LogP) is 2.04. The quantitative estimate of drug-likeness (QED) is 0.780. The van der Waals surface area contributed by atoms with Gasteiger partial charge in [-0.2, -0.15) is 0 Å². The van der Waals surface area contributed by atoms with Crippen LogP contribution in [0.1, 0.15) is 5.56 Å². The van der Waals surface area contributed by atoms with Crippen molar-refractivity contribution < 1.29 is 9.13 Å². The van der Waals surface area contributed by atoms with Gasteiger partial charge in [-0.3, -0.25) is 0 Å². The number of nitrogens with two attached hydrogens (primary N) is 1. The highest BCUT2D eigenvalue weighted by Gasteiger charge is 2.18. The average molecular weight is 213 g/mol. The lowest BCUT2D eigenvalue weighted by Crippen LogP contribution is -2.30. The maximum atomic E-state index is 12.9. The summed E-state index contributed by atoms with van der Waals surface area (Å²) in [5, 5.41) is 0.569. The molecule has 14 heavy (non-hydrogen) atoms. The Balaban J connectivity index is 1.94. The molecule has 0 bridgehead atoms. The molecule has 1 aliphatic heterocycles. The van der Waals surface area contributed by atoms with Crippen LogP contribution in [0.15, 0.2) is 18.2 Å². The molecule has 1 aromatic rings. The third kappa shape index (κ3) is 2.39. The highest BCUT2D eigenvalue weighted by atomic mass is 32.2. The van der Waals surface area contributed by atoms with Crippen LogP contribution in [0, 0.1) is 5.82 Å². The van der Waals surface area contributed by atoms with E-state index in [0.29, 0.717) is 10.9 Å². The molecule has 2 rings (SSSR count). The lowest BCUT2D eigenvalue weighted by molar-refractivity contribution is 0.0455. The van der Waals surface area contributed by atoms with Gasteiger partial charge in [-0.1, -0.05) is 0 Å². The summed E-state index contributed by atoms with van der Waals surface area (Å²) in [6.45, 7) is 1.63. The third-order valence-corrected chi connectivity index (χ3v) is 3.32. The van der Waals surface area contributed by atoms with Gasteiger partial charge < -0.3 is 10.5 Å². The standard InChI is InChI=1S/C10H12FNOS/c11-8-1-7(2-9(12)3-8)6-14-10-4-13-5-10/h1-3,10H,4-6,12H2. The number of nitrogen functional groups attached to an aromatic ring is 1. The van der Waals surface area contributed by atoms with Crippen LogP contribution in [-0.4, -0.2) is 18.5 Å². The van der Waals surface area contributed by atoms with Crippen LogP contribution in [-0.2, 0) is 10.5 Å². The van der Waals surface area contributed by atoms with E-state index in [4.69, 9.17) is 10.5 Å². The molecular formula is C10H12FNOS. The summed E-state index contributed by atoms with van der Waals surface area (Å²) >= 11 is 1.79. The number of thioether (sulfide) groups is 1. The van der Waals surface area contributed by atoms with Gasteiger partial charge >= 0.3 is 0 Å². The van der Waals surface area contributed by atoms with E-state index < -0.39 is 0 Å². The molecule has 0 saturated carbocycles. The van der Waals surface area contributed by atoms with Crippen LogP contribution in [0.4, 0.5) is 10.1 Å². The van der Waals surface area contributed by atoms with Crippen molar-refractivity contribution >= 4 is 17.4 Å². The smallest absolute Gasteiger partial charge is 0.125 e. The van der Waals surface area contributed by atoms with Crippen molar-refractivity contribution in [1.82, 2.24) is 0 Å². The van der Waals surface area contributed by atoms with Gasteiger partial charge in [-0.25, -0.2) is 4.39 Å². The van der Waals surface area contributed by atoms with Gasteiger partial charge in [0, 0.05) is 11.4 Å². The molecule has 1 fully saturated rings. The highest BCUT2D eigenvalue weighted by Crippen LogP contribution is 2.24. The normalized spacial score (nSPS) is 16.6. The average Bonchev–Trinajstić information content (AvgIpc) is 1.99. The number of hydrogen-bond acceptors (Lipinski definition) is 3. The van der Waals surface area contributed by atoms with Crippen molar-refractivity contribution in [1.29, 1.82) is 0 Å². The Morgan fingerprint density at radius 1 is 1.43 bits per heavy atom. The van der Waals surface area contributed by atoms with Crippen LogP contribution < -0.4 is 5.73 Å². The van der Waals surface area contributed by atoms with Gasteiger partial charge in [0.15, 0.2) is 0 Å². The van der Waals surface area contributed by atoms with Crippen molar-refractivity contribution in [3.05, 3.63) is 29.6 Å².